The molecule has 0 amide bonds. The number of esters is 1. The van der Waals surface area contributed by atoms with Gasteiger partial charge in [0, 0.05) is 6.61 Å². The molecule has 0 bridgehead atoms. The Morgan fingerprint density at radius 1 is 0.674 bits per heavy atom. The second kappa shape index (κ2) is 13.8. The zero-order chi connectivity index (χ0) is 33.0. The molecule has 0 saturated carbocycles. The Hall–Kier alpha value is -3.34. The average molecular weight is 653 g/mol. The molecule has 1 saturated heterocycles. The average Bonchev–Trinajstić information content (AvgIpc) is 3.42. The number of rotatable bonds is 11. The number of carbonyl (C=O) groups is 1. The van der Waals surface area contributed by atoms with E-state index in [1.54, 1.807) is 0 Å². The fraction of sp³-hybridized carbons (Fsp3) is 0.359. The number of carbonyl (C=O) groups excluding carboxylic acids is 1. The van der Waals surface area contributed by atoms with Crippen molar-refractivity contribution in [3.8, 4) is 0 Å². The van der Waals surface area contributed by atoms with Gasteiger partial charge in [0.15, 0.2) is 6.10 Å². The molecule has 7 heteroatoms. The SMILES string of the molecule is CC(C)(C)[Si](OCC[C@@H](O)[C@H]1OC(=O)C[C@H]1O[Si](c1ccccc1)(c1ccccc1)C(C)(C)C)(c1ccccc1)c1ccccc1. The first-order chi connectivity index (χ1) is 21.9. The van der Waals surface area contributed by atoms with Crippen molar-refractivity contribution in [2.45, 2.75) is 82.8 Å². The van der Waals surface area contributed by atoms with E-state index in [9.17, 15) is 9.90 Å². The molecule has 0 radical (unpaired) electrons. The zero-order valence-corrected chi connectivity index (χ0v) is 30.0. The van der Waals surface area contributed by atoms with Gasteiger partial charge in [-0.15, -0.1) is 0 Å². The number of aliphatic hydroxyl groups is 1. The summed E-state index contributed by atoms with van der Waals surface area (Å²) in [6, 6.07) is 41.7. The van der Waals surface area contributed by atoms with Crippen LogP contribution in [0.5, 0.6) is 0 Å². The Morgan fingerprint density at radius 3 is 1.41 bits per heavy atom. The summed E-state index contributed by atoms with van der Waals surface area (Å²) in [7, 11) is -5.75. The smallest absolute Gasteiger partial charge is 0.308 e. The third-order valence-corrected chi connectivity index (χ3v) is 19.4. The Morgan fingerprint density at radius 2 is 1.04 bits per heavy atom. The largest absolute Gasteiger partial charge is 0.457 e. The van der Waals surface area contributed by atoms with Crippen LogP contribution in [0.25, 0.3) is 0 Å². The quantitative estimate of drug-likeness (QED) is 0.170. The second-order valence-electron chi connectivity index (χ2n) is 14.3. The molecule has 1 fully saturated rings. The maximum atomic E-state index is 12.9. The summed E-state index contributed by atoms with van der Waals surface area (Å²) < 4.78 is 20.2. The molecule has 5 nitrogen and oxygen atoms in total. The molecule has 1 heterocycles. The van der Waals surface area contributed by atoms with Crippen molar-refractivity contribution < 1.29 is 23.5 Å². The summed E-state index contributed by atoms with van der Waals surface area (Å²) in [5.74, 6) is -0.347. The molecule has 0 aliphatic carbocycles. The normalized spacial score (nSPS) is 18.3. The lowest BCUT2D eigenvalue weighted by atomic mass is 10.1. The second-order valence-corrected chi connectivity index (χ2v) is 22.9. The molecule has 0 aromatic heterocycles. The highest BCUT2D eigenvalue weighted by atomic mass is 28.4. The van der Waals surface area contributed by atoms with Gasteiger partial charge in [-0.05, 0) is 37.2 Å². The van der Waals surface area contributed by atoms with Crippen molar-refractivity contribution in [1.29, 1.82) is 0 Å². The van der Waals surface area contributed by atoms with Gasteiger partial charge in [0.05, 0.1) is 18.6 Å². The van der Waals surface area contributed by atoms with Crippen LogP contribution in [-0.4, -0.2) is 52.6 Å². The van der Waals surface area contributed by atoms with Crippen molar-refractivity contribution in [3.05, 3.63) is 121 Å². The predicted octanol–water partition coefficient (Wildman–Crippen LogP) is 5.57. The molecule has 4 aromatic carbocycles. The number of aliphatic hydroxyl groups excluding tert-OH is 1. The fourth-order valence-corrected chi connectivity index (χ4v) is 16.4. The minimum Gasteiger partial charge on any atom is -0.457 e. The summed E-state index contributed by atoms with van der Waals surface area (Å²) in [5, 5.41) is 15.9. The van der Waals surface area contributed by atoms with E-state index in [4.69, 9.17) is 13.6 Å². The van der Waals surface area contributed by atoms with Crippen LogP contribution >= 0.6 is 0 Å². The van der Waals surface area contributed by atoms with E-state index in [0.717, 1.165) is 10.4 Å². The molecule has 3 atom stereocenters. The maximum Gasteiger partial charge on any atom is 0.308 e. The highest BCUT2D eigenvalue weighted by Crippen LogP contribution is 2.40. The van der Waals surface area contributed by atoms with E-state index in [1.807, 2.05) is 48.5 Å². The predicted molar refractivity (Wildman–Crippen MR) is 191 cm³/mol. The van der Waals surface area contributed by atoms with Crippen LogP contribution in [0.1, 0.15) is 54.4 Å². The van der Waals surface area contributed by atoms with Crippen molar-refractivity contribution in [2.24, 2.45) is 0 Å². The number of hydrogen-bond acceptors (Lipinski definition) is 5. The number of ether oxygens (including phenoxy) is 1. The van der Waals surface area contributed by atoms with Crippen LogP contribution < -0.4 is 20.7 Å². The molecule has 1 aliphatic heterocycles. The fourth-order valence-electron chi connectivity index (χ4n) is 7.17. The van der Waals surface area contributed by atoms with Crippen LogP contribution in [0.15, 0.2) is 121 Å². The van der Waals surface area contributed by atoms with Gasteiger partial charge in [0.25, 0.3) is 16.6 Å². The summed E-state index contributed by atoms with van der Waals surface area (Å²) in [6.07, 6.45) is -1.93. The lowest BCUT2D eigenvalue weighted by Crippen LogP contribution is -2.68. The standard InChI is InChI=1S/C39H48O5Si2/c1-38(2,3)45(30-19-11-7-12-20-30,31-21-13-8-14-22-31)42-28-27-34(40)37-35(29-36(41)43-37)44-46(39(4,5)6,32-23-15-9-16-24-32)33-25-17-10-18-26-33/h7-26,34-35,37,40H,27-29H2,1-6H3/t34-,35-,37-/m1/s1. The van der Waals surface area contributed by atoms with E-state index in [2.05, 4.69) is 114 Å². The summed E-state index contributed by atoms with van der Waals surface area (Å²) in [5.41, 5.74) is 0. The highest BCUT2D eigenvalue weighted by molar-refractivity contribution is 7.00. The van der Waals surface area contributed by atoms with E-state index >= 15 is 0 Å². The molecule has 1 N–H and O–H groups in total. The van der Waals surface area contributed by atoms with Crippen molar-refractivity contribution >= 4 is 43.4 Å². The van der Waals surface area contributed by atoms with Gasteiger partial charge >= 0.3 is 5.97 Å². The lowest BCUT2D eigenvalue weighted by molar-refractivity contribution is -0.146. The van der Waals surface area contributed by atoms with Crippen LogP contribution in [0.4, 0.5) is 0 Å². The van der Waals surface area contributed by atoms with Gasteiger partial charge in [0.1, 0.15) is 0 Å². The van der Waals surface area contributed by atoms with E-state index in [1.165, 1.54) is 10.4 Å². The molecule has 0 spiro atoms. The Labute approximate surface area is 276 Å². The Bertz CT molecular complexity index is 1470. The van der Waals surface area contributed by atoms with Gasteiger partial charge in [0.2, 0.25) is 0 Å². The van der Waals surface area contributed by atoms with Crippen molar-refractivity contribution in [3.63, 3.8) is 0 Å². The third kappa shape index (κ3) is 6.57. The van der Waals surface area contributed by atoms with Crippen LogP contribution in [0.2, 0.25) is 10.1 Å². The molecule has 46 heavy (non-hydrogen) atoms. The Kier molecular flexibility index (Phi) is 10.2. The number of cyclic esters (lactones) is 1. The molecule has 4 aromatic rings. The molecule has 0 unspecified atom stereocenters. The molecule has 1 aliphatic rings. The Balaban J connectivity index is 1.44. The minimum atomic E-state index is -2.97. The number of hydrogen-bond donors (Lipinski definition) is 1. The van der Waals surface area contributed by atoms with Gasteiger partial charge in [-0.1, -0.05) is 163 Å². The monoisotopic (exact) mass is 652 g/mol. The highest BCUT2D eigenvalue weighted by Gasteiger charge is 2.55. The third-order valence-electron chi connectivity index (χ3n) is 9.28. The lowest BCUT2D eigenvalue weighted by Gasteiger charge is -2.45. The summed E-state index contributed by atoms with van der Waals surface area (Å²) >= 11 is 0. The van der Waals surface area contributed by atoms with E-state index < -0.39 is 34.9 Å². The van der Waals surface area contributed by atoms with Crippen LogP contribution in [-0.2, 0) is 18.4 Å². The van der Waals surface area contributed by atoms with Gasteiger partial charge < -0.3 is 18.7 Å². The van der Waals surface area contributed by atoms with E-state index in [0.29, 0.717) is 13.0 Å². The van der Waals surface area contributed by atoms with Crippen molar-refractivity contribution in [1.82, 2.24) is 0 Å². The van der Waals surface area contributed by atoms with Gasteiger partial charge in [-0.3, -0.25) is 4.79 Å². The van der Waals surface area contributed by atoms with Crippen LogP contribution in [0, 0.1) is 0 Å². The van der Waals surface area contributed by atoms with Crippen LogP contribution in [0.3, 0.4) is 0 Å². The first kappa shape index (κ1) is 34.0. The number of benzene rings is 4. The topological polar surface area (TPSA) is 65.0 Å². The molecule has 5 rings (SSSR count). The van der Waals surface area contributed by atoms with E-state index in [-0.39, 0.29) is 22.5 Å². The van der Waals surface area contributed by atoms with Gasteiger partial charge in [-0.2, -0.15) is 0 Å². The maximum absolute atomic E-state index is 12.9. The summed E-state index contributed by atoms with van der Waals surface area (Å²) in [4.78, 5) is 12.9. The first-order valence-corrected chi connectivity index (χ1v) is 20.1. The summed E-state index contributed by atoms with van der Waals surface area (Å²) in [6.45, 7) is 13.7. The zero-order valence-electron chi connectivity index (χ0n) is 28.0. The molecule has 242 valence electrons. The molecular weight excluding hydrogens is 605 g/mol. The van der Waals surface area contributed by atoms with Gasteiger partial charge in [-0.25, -0.2) is 0 Å². The first-order valence-electron chi connectivity index (χ1n) is 16.3. The molecular formula is C39H48O5Si2. The minimum absolute atomic E-state index is 0.0990. The van der Waals surface area contributed by atoms with Crippen molar-refractivity contribution in [2.75, 3.05) is 6.61 Å².